The number of ether oxygens (including phenoxy) is 1. The molecule has 2 atom stereocenters. The first-order valence-corrected chi connectivity index (χ1v) is 11.8. The lowest BCUT2D eigenvalue weighted by Crippen LogP contribution is -2.47. The summed E-state index contributed by atoms with van der Waals surface area (Å²) >= 11 is 0. The molecule has 1 amide bonds. The van der Waals surface area contributed by atoms with Crippen LogP contribution in [0.1, 0.15) is 47.8 Å². The first-order chi connectivity index (χ1) is 16.6. The molecule has 0 saturated carbocycles. The highest BCUT2D eigenvalue weighted by molar-refractivity contribution is 5.79. The van der Waals surface area contributed by atoms with Crippen molar-refractivity contribution in [2.75, 3.05) is 31.2 Å². The van der Waals surface area contributed by atoms with Crippen LogP contribution < -0.4 is 4.90 Å². The van der Waals surface area contributed by atoms with Gasteiger partial charge in [0.2, 0.25) is 5.91 Å². The molecule has 9 heteroatoms. The summed E-state index contributed by atoms with van der Waals surface area (Å²) in [6.07, 6.45) is 3.10. The highest BCUT2D eigenvalue weighted by Gasteiger charge is 2.44. The Kier molecular flexibility index (Phi) is 4.92. The quantitative estimate of drug-likeness (QED) is 0.621. The van der Waals surface area contributed by atoms with E-state index in [4.69, 9.17) is 9.84 Å². The minimum Gasteiger partial charge on any atom is -0.381 e. The molecule has 5 heterocycles. The fraction of sp³-hybridized carbons (Fsp3) is 0.440. The summed E-state index contributed by atoms with van der Waals surface area (Å²) in [4.78, 5) is 16.7. The molecule has 2 unspecified atom stereocenters. The van der Waals surface area contributed by atoms with E-state index in [0.717, 1.165) is 51.6 Å². The standard InChI is InChI=1S/C25H27N7O2/c1-14-20(10-27-28-14)16-3-4-22-19(9-16)17(5-7-26)11-32(22)25-23-21(29-30-25)6-8-31(15(2)33)24(23)18-12-34-13-18/h3-4,9-10,17-18,24H,5-6,8,11-13H2,1-2H3,(H,27,28)(H,29,30). The lowest BCUT2D eigenvalue weighted by molar-refractivity contribution is -0.139. The van der Waals surface area contributed by atoms with Crippen LogP contribution in [0.3, 0.4) is 0 Å². The van der Waals surface area contributed by atoms with E-state index in [9.17, 15) is 10.1 Å². The Bertz CT molecular complexity index is 1300. The summed E-state index contributed by atoms with van der Waals surface area (Å²) in [5.74, 6) is 1.30. The van der Waals surface area contributed by atoms with E-state index in [1.807, 2.05) is 18.0 Å². The fourth-order valence-electron chi connectivity index (χ4n) is 5.74. The molecule has 2 aromatic heterocycles. The van der Waals surface area contributed by atoms with E-state index < -0.39 is 0 Å². The van der Waals surface area contributed by atoms with Gasteiger partial charge in [0.1, 0.15) is 0 Å². The summed E-state index contributed by atoms with van der Waals surface area (Å²) in [7, 11) is 0. The number of carbonyl (C=O) groups is 1. The molecule has 1 aromatic carbocycles. The van der Waals surface area contributed by atoms with Crippen LogP contribution in [0.2, 0.25) is 0 Å². The van der Waals surface area contributed by atoms with Gasteiger partial charge in [0.15, 0.2) is 5.82 Å². The molecule has 174 valence electrons. The number of fused-ring (bicyclic) bond motifs is 2. The minimum absolute atomic E-state index is 0.0462. The van der Waals surface area contributed by atoms with Gasteiger partial charge in [0.05, 0.1) is 31.0 Å². The maximum Gasteiger partial charge on any atom is 0.219 e. The van der Waals surface area contributed by atoms with Gasteiger partial charge in [-0.1, -0.05) is 6.07 Å². The highest BCUT2D eigenvalue weighted by atomic mass is 16.5. The lowest BCUT2D eigenvalue weighted by Gasteiger charge is -2.43. The minimum atomic E-state index is -0.0462. The van der Waals surface area contributed by atoms with Gasteiger partial charge in [-0.3, -0.25) is 15.0 Å². The van der Waals surface area contributed by atoms with Crippen LogP contribution in [0.4, 0.5) is 11.5 Å². The van der Waals surface area contributed by atoms with E-state index in [1.165, 1.54) is 0 Å². The molecular formula is C25H27N7O2. The van der Waals surface area contributed by atoms with Crippen molar-refractivity contribution in [3.05, 3.63) is 46.9 Å². The zero-order valence-corrected chi connectivity index (χ0v) is 19.3. The summed E-state index contributed by atoms with van der Waals surface area (Å²) in [6.45, 7) is 6.30. The second kappa shape index (κ2) is 7.99. The topological polar surface area (TPSA) is 114 Å². The molecule has 0 bridgehead atoms. The number of hydrogen-bond donors (Lipinski definition) is 2. The lowest BCUT2D eigenvalue weighted by atomic mass is 9.86. The van der Waals surface area contributed by atoms with Crippen LogP contribution in [0.5, 0.6) is 0 Å². The van der Waals surface area contributed by atoms with Crippen LogP contribution >= 0.6 is 0 Å². The van der Waals surface area contributed by atoms with Crippen LogP contribution in [0.15, 0.2) is 24.4 Å². The number of aromatic nitrogens is 4. The van der Waals surface area contributed by atoms with E-state index in [-0.39, 0.29) is 23.8 Å². The zero-order chi connectivity index (χ0) is 23.4. The predicted molar refractivity (Wildman–Crippen MR) is 125 cm³/mol. The second-order valence-corrected chi connectivity index (χ2v) is 9.47. The molecule has 0 spiro atoms. The van der Waals surface area contributed by atoms with Crippen LogP contribution in [0, 0.1) is 24.2 Å². The van der Waals surface area contributed by atoms with Gasteiger partial charge in [0, 0.05) is 73.4 Å². The number of hydrogen-bond acceptors (Lipinski definition) is 6. The number of aromatic amines is 2. The maximum atomic E-state index is 12.5. The van der Waals surface area contributed by atoms with Crippen LogP contribution in [-0.4, -0.2) is 57.5 Å². The van der Waals surface area contributed by atoms with Gasteiger partial charge >= 0.3 is 0 Å². The van der Waals surface area contributed by atoms with Crippen molar-refractivity contribution in [3.8, 4) is 17.2 Å². The Hall–Kier alpha value is -3.64. The monoisotopic (exact) mass is 457 g/mol. The normalized spacial score (nSPS) is 21.7. The average molecular weight is 458 g/mol. The Morgan fingerprint density at radius 1 is 1.32 bits per heavy atom. The molecule has 3 aliphatic heterocycles. The molecule has 1 fully saturated rings. The molecule has 0 radical (unpaired) electrons. The molecule has 9 nitrogen and oxygen atoms in total. The average Bonchev–Trinajstić information content (AvgIpc) is 3.49. The molecule has 6 rings (SSSR count). The number of nitriles is 1. The summed E-state index contributed by atoms with van der Waals surface area (Å²) < 4.78 is 5.51. The van der Waals surface area contributed by atoms with Crippen molar-refractivity contribution in [2.24, 2.45) is 5.92 Å². The van der Waals surface area contributed by atoms with Crippen molar-refractivity contribution in [1.29, 1.82) is 5.26 Å². The summed E-state index contributed by atoms with van der Waals surface area (Å²) in [6, 6.07) is 8.75. The highest BCUT2D eigenvalue weighted by Crippen LogP contribution is 2.48. The fourth-order valence-corrected chi connectivity index (χ4v) is 5.74. The molecular weight excluding hydrogens is 430 g/mol. The smallest absolute Gasteiger partial charge is 0.219 e. The predicted octanol–water partition coefficient (Wildman–Crippen LogP) is 3.35. The number of H-pyrrole nitrogens is 2. The zero-order valence-electron chi connectivity index (χ0n) is 19.3. The molecule has 3 aromatic rings. The van der Waals surface area contributed by atoms with E-state index in [1.54, 1.807) is 6.92 Å². The van der Waals surface area contributed by atoms with Crippen molar-refractivity contribution in [3.63, 3.8) is 0 Å². The third kappa shape index (κ3) is 3.13. The van der Waals surface area contributed by atoms with Gasteiger partial charge in [0.25, 0.3) is 0 Å². The Balaban J connectivity index is 1.44. The third-order valence-electron chi connectivity index (χ3n) is 7.51. The SMILES string of the molecule is CC(=O)N1CCc2[nH]nc(N3CC(CC#N)c4cc(-c5c[nH]nc5C)ccc43)c2C1C1COC1. The second-order valence-electron chi connectivity index (χ2n) is 9.47. The molecule has 1 saturated heterocycles. The van der Waals surface area contributed by atoms with Crippen molar-refractivity contribution in [2.45, 2.75) is 38.6 Å². The van der Waals surface area contributed by atoms with Gasteiger partial charge in [-0.2, -0.15) is 15.5 Å². The Morgan fingerprint density at radius 2 is 2.18 bits per heavy atom. The van der Waals surface area contributed by atoms with Crippen LogP contribution in [0.25, 0.3) is 11.1 Å². The first-order valence-electron chi connectivity index (χ1n) is 11.8. The van der Waals surface area contributed by atoms with Crippen molar-refractivity contribution in [1.82, 2.24) is 25.3 Å². The van der Waals surface area contributed by atoms with E-state index >= 15 is 0 Å². The van der Waals surface area contributed by atoms with Crippen molar-refractivity contribution < 1.29 is 9.53 Å². The van der Waals surface area contributed by atoms with E-state index in [2.05, 4.69) is 44.5 Å². The molecule has 34 heavy (non-hydrogen) atoms. The number of rotatable bonds is 4. The molecule has 2 N–H and O–H groups in total. The third-order valence-corrected chi connectivity index (χ3v) is 7.51. The largest absolute Gasteiger partial charge is 0.381 e. The van der Waals surface area contributed by atoms with Gasteiger partial charge < -0.3 is 14.5 Å². The number of benzene rings is 1. The summed E-state index contributed by atoms with van der Waals surface area (Å²) in [5.41, 5.74) is 7.53. The maximum absolute atomic E-state index is 12.5. The molecule has 3 aliphatic rings. The molecule has 0 aliphatic carbocycles. The van der Waals surface area contributed by atoms with E-state index in [0.29, 0.717) is 32.7 Å². The number of nitrogens with zero attached hydrogens (tertiary/aromatic N) is 5. The van der Waals surface area contributed by atoms with Crippen LogP contribution in [-0.2, 0) is 16.0 Å². The van der Waals surface area contributed by atoms with Gasteiger partial charge in [-0.25, -0.2) is 0 Å². The number of nitrogens with one attached hydrogen (secondary N) is 2. The Labute approximate surface area is 197 Å². The number of amides is 1. The number of carbonyl (C=O) groups excluding carboxylic acids is 1. The Morgan fingerprint density at radius 3 is 2.85 bits per heavy atom. The van der Waals surface area contributed by atoms with Crippen molar-refractivity contribution >= 4 is 17.4 Å². The first kappa shape index (κ1) is 20.9. The van der Waals surface area contributed by atoms with Gasteiger partial charge in [-0.15, -0.1) is 0 Å². The number of aryl methyl sites for hydroxylation is 1. The van der Waals surface area contributed by atoms with Gasteiger partial charge in [-0.05, 0) is 30.2 Å². The number of anilines is 2. The summed E-state index contributed by atoms with van der Waals surface area (Å²) in [5, 5.41) is 24.8.